The molecular formula is C15H24Cl2N2O2. The molecule has 0 aliphatic heterocycles. The molecule has 3 N–H and O–H groups in total. The molecule has 0 unspecified atom stereocenters. The van der Waals surface area contributed by atoms with E-state index in [-0.39, 0.29) is 30.3 Å². The summed E-state index contributed by atoms with van der Waals surface area (Å²) in [4.78, 5) is 11.9. The normalized spacial score (nSPS) is 10.7. The molecule has 0 atom stereocenters. The monoisotopic (exact) mass is 334 g/mol. The van der Waals surface area contributed by atoms with E-state index in [0.29, 0.717) is 23.9 Å². The Morgan fingerprint density at radius 3 is 2.48 bits per heavy atom. The quantitative estimate of drug-likeness (QED) is 0.767. The van der Waals surface area contributed by atoms with E-state index in [0.717, 1.165) is 12.8 Å². The molecule has 0 aliphatic carbocycles. The van der Waals surface area contributed by atoms with Crippen molar-refractivity contribution in [3.8, 4) is 5.75 Å². The van der Waals surface area contributed by atoms with Crippen LogP contribution in [0.5, 0.6) is 5.75 Å². The molecule has 0 bridgehead atoms. The highest BCUT2D eigenvalue weighted by molar-refractivity contribution is 6.32. The van der Waals surface area contributed by atoms with E-state index >= 15 is 0 Å². The summed E-state index contributed by atoms with van der Waals surface area (Å²) in [5.74, 6) is 0.546. The number of amides is 1. The number of rotatable bonds is 8. The number of nitrogens with two attached hydrogens (primary N) is 1. The molecule has 0 saturated heterocycles. The van der Waals surface area contributed by atoms with Gasteiger partial charge in [-0.05, 0) is 25.0 Å². The van der Waals surface area contributed by atoms with Crippen LogP contribution in [-0.2, 0) is 4.79 Å². The summed E-state index contributed by atoms with van der Waals surface area (Å²) in [6.45, 7) is 4.79. The van der Waals surface area contributed by atoms with Crippen LogP contribution in [0.2, 0.25) is 5.02 Å². The molecule has 0 fully saturated rings. The van der Waals surface area contributed by atoms with Crippen LogP contribution < -0.4 is 15.8 Å². The first kappa shape index (κ1) is 20.0. The summed E-state index contributed by atoms with van der Waals surface area (Å²) in [6.07, 6.45) is 1.92. The summed E-state index contributed by atoms with van der Waals surface area (Å²) in [5, 5.41) is 3.55. The third kappa shape index (κ3) is 6.12. The minimum absolute atomic E-state index is 0. The van der Waals surface area contributed by atoms with Crippen LogP contribution >= 0.6 is 24.0 Å². The zero-order valence-electron chi connectivity index (χ0n) is 12.5. The number of hydrogen-bond acceptors (Lipinski definition) is 3. The number of benzene rings is 1. The molecule has 1 rings (SSSR count). The molecule has 0 aromatic heterocycles. The van der Waals surface area contributed by atoms with Crippen molar-refractivity contribution in [2.24, 2.45) is 5.73 Å². The molecule has 21 heavy (non-hydrogen) atoms. The van der Waals surface area contributed by atoms with E-state index in [4.69, 9.17) is 22.1 Å². The predicted octanol–water partition coefficient (Wildman–Crippen LogP) is 3.16. The highest BCUT2D eigenvalue weighted by Gasteiger charge is 2.25. The average molecular weight is 335 g/mol. The maximum absolute atomic E-state index is 11.9. The molecule has 0 radical (unpaired) electrons. The zero-order valence-corrected chi connectivity index (χ0v) is 14.1. The van der Waals surface area contributed by atoms with Crippen molar-refractivity contribution in [3.05, 3.63) is 29.3 Å². The Kier molecular flexibility index (Phi) is 9.42. The number of ether oxygens (including phenoxy) is 1. The molecule has 1 amide bonds. The van der Waals surface area contributed by atoms with Crippen LogP contribution in [0.1, 0.15) is 33.1 Å². The first-order chi connectivity index (χ1) is 9.56. The van der Waals surface area contributed by atoms with Gasteiger partial charge in [-0.2, -0.15) is 0 Å². The summed E-state index contributed by atoms with van der Waals surface area (Å²) in [7, 11) is 0. The van der Waals surface area contributed by atoms with E-state index in [1.165, 1.54) is 0 Å². The molecule has 1 aromatic carbocycles. The highest BCUT2D eigenvalue weighted by atomic mass is 35.5. The van der Waals surface area contributed by atoms with Gasteiger partial charge in [0.25, 0.3) is 0 Å². The van der Waals surface area contributed by atoms with Gasteiger partial charge >= 0.3 is 0 Å². The van der Waals surface area contributed by atoms with Gasteiger partial charge in [0, 0.05) is 6.54 Å². The molecule has 6 heteroatoms. The Morgan fingerprint density at radius 2 is 1.95 bits per heavy atom. The Bertz CT molecular complexity index is 429. The molecule has 4 nitrogen and oxygen atoms in total. The Balaban J connectivity index is 0.00000400. The van der Waals surface area contributed by atoms with Crippen LogP contribution in [0.3, 0.4) is 0 Å². The maximum atomic E-state index is 11.9. The second-order valence-corrected chi connectivity index (χ2v) is 5.18. The fraction of sp³-hybridized carbons (Fsp3) is 0.533. The summed E-state index contributed by atoms with van der Waals surface area (Å²) in [6, 6.07) is 7.21. The third-order valence-corrected chi connectivity index (χ3v) is 3.88. The SMILES string of the molecule is CCC(CC)(CN)NC(=O)CCOc1ccccc1Cl.Cl. The third-order valence-electron chi connectivity index (χ3n) is 3.57. The van der Waals surface area contributed by atoms with E-state index in [1.54, 1.807) is 12.1 Å². The molecular weight excluding hydrogens is 311 g/mol. The number of nitrogens with one attached hydrogen (secondary N) is 1. The number of hydrogen-bond donors (Lipinski definition) is 2. The van der Waals surface area contributed by atoms with E-state index in [1.807, 2.05) is 26.0 Å². The minimum Gasteiger partial charge on any atom is -0.491 e. The van der Waals surface area contributed by atoms with Crippen LogP contribution in [0, 0.1) is 0 Å². The largest absolute Gasteiger partial charge is 0.491 e. The van der Waals surface area contributed by atoms with E-state index in [9.17, 15) is 4.79 Å². The number of halogens is 2. The lowest BCUT2D eigenvalue weighted by Gasteiger charge is -2.31. The van der Waals surface area contributed by atoms with Gasteiger partial charge in [0.1, 0.15) is 5.75 Å². The summed E-state index contributed by atoms with van der Waals surface area (Å²) < 4.78 is 5.50. The van der Waals surface area contributed by atoms with Gasteiger partial charge in [0.05, 0.1) is 23.6 Å². The fourth-order valence-corrected chi connectivity index (χ4v) is 2.13. The van der Waals surface area contributed by atoms with Gasteiger partial charge < -0.3 is 15.8 Å². The topological polar surface area (TPSA) is 64.3 Å². The minimum atomic E-state index is -0.304. The first-order valence-electron chi connectivity index (χ1n) is 6.95. The average Bonchev–Trinajstić information content (AvgIpc) is 2.47. The molecule has 0 aliphatic rings. The predicted molar refractivity (Wildman–Crippen MR) is 89.3 cm³/mol. The lowest BCUT2D eigenvalue weighted by atomic mass is 9.93. The highest BCUT2D eigenvalue weighted by Crippen LogP contribution is 2.23. The van der Waals surface area contributed by atoms with Gasteiger partial charge in [-0.3, -0.25) is 4.79 Å². The van der Waals surface area contributed by atoms with Crippen molar-refractivity contribution in [1.29, 1.82) is 0 Å². The zero-order chi connectivity index (χ0) is 15.0. The number of carbonyl (C=O) groups is 1. The van der Waals surface area contributed by atoms with Crippen LogP contribution in [0.15, 0.2) is 24.3 Å². The molecule has 120 valence electrons. The number of carbonyl (C=O) groups excluding carboxylic acids is 1. The van der Waals surface area contributed by atoms with Crippen molar-refractivity contribution < 1.29 is 9.53 Å². The van der Waals surface area contributed by atoms with Gasteiger partial charge in [0.2, 0.25) is 5.91 Å². The smallest absolute Gasteiger partial charge is 0.223 e. The van der Waals surface area contributed by atoms with Crippen molar-refractivity contribution in [2.75, 3.05) is 13.2 Å². The molecule has 0 heterocycles. The van der Waals surface area contributed by atoms with Crippen molar-refractivity contribution in [3.63, 3.8) is 0 Å². The first-order valence-corrected chi connectivity index (χ1v) is 7.33. The Labute approximate surface area is 137 Å². The standard InChI is InChI=1S/C15H23ClN2O2.ClH/c1-3-15(4-2,11-17)18-14(19)9-10-20-13-8-6-5-7-12(13)16;/h5-8H,3-4,9-11,17H2,1-2H3,(H,18,19);1H. The second-order valence-electron chi connectivity index (χ2n) is 4.77. The van der Waals surface area contributed by atoms with Gasteiger partial charge in [0.15, 0.2) is 0 Å². The lowest BCUT2D eigenvalue weighted by molar-refractivity contribution is -0.123. The molecule has 1 aromatic rings. The summed E-state index contributed by atoms with van der Waals surface area (Å²) >= 11 is 5.97. The van der Waals surface area contributed by atoms with Crippen LogP contribution in [0.25, 0.3) is 0 Å². The Hall–Kier alpha value is -0.970. The lowest BCUT2D eigenvalue weighted by Crippen LogP contribution is -2.53. The van der Waals surface area contributed by atoms with Gasteiger partial charge in [-0.1, -0.05) is 37.6 Å². The van der Waals surface area contributed by atoms with E-state index in [2.05, 4.69) is 5.32 Å². The van der Waals surface area contributed by atoms with Crippen molar-refractivity contribution in [2.45, 2.75) is 38.6 Å². The van der Waals surface area contributed by atoms with Crippen molar-refractivity contribution in [1.82, 2.24) is 5.32 Å². The Morgan fingerprint density at radius 1 is 1.33 bits per heavy atom. The second kappa shape index (κ2) is 9.87. The molecule has 0 spiro atoms. The van der Waals surface area contributed by atoms with Gasteiger partial charge in [-0.15, -0.1) is 12.4 Å². The van der Waals surface area contributed by atoms with E-state index < -0.39 is 0 Å². The van der Waals surface area contributed by atoms with Crippen molar-refractivity contribution >= 4 is 29.9 Å². The van der Waals surface area contributed by atoms with Crippen LogP contribution in [0.4, 0.5) is 0 Å². The number of para-hydroxylation sites is 1. The summed E-state index contributed by atoms with van der Waals surface area (Å²) in [5.41, 5.74) is 5.45. The van der Waals surface area contributed by atoms with Crippen LogP contribution in [-0.4, -0.2) is 24.6 Å². The molecule has 0 saturated carbocycles. The maximum Gasteiger partial charge on any atom is 0.223 e. The van der Waals surface area contributed by atoms with Gasteiger partial charge in [-0.25, -0.2) is 0 Å². The fourth-order valence-electron chi connectivity index (χ4n) is 1.94.